The molecule has 0 saturated carbocycles. The van der Waals surface area contributed by atoms with Gasteiger partial charge in [-0.15, -0.1) is 10.2 Å². The van der Waals surface area contributed by atoms with E-state index in [4.69, 9.17) is 4.98 Å². The van der Waals surface area contributed by atoms with Crippen LogP contribution in [0.2, 0.25) is 0 Å². The Bertz CT molecular complexity index is 1520. The minimum atomic E-state index is -0.241. The number of aromatic amines is 1. The molecule has 32 heavy (non-hydrogen) atoms. The highest BCUT2D eigenvalue weighted by molar-refractivity contribution is 7.99. The highest BCUT2D eigenvalue weighted by Crippen LogP contribution is 2.26. The Morgan fingerprint density at radius 1 is 1.12 bits per heavy atom. The summed E-state index contributed by atoms with van der Waals surface area (Å²) >= 11 is 2.51. The molecule has 0 unspecified atom stereocenters. The van der Waals surface area contributed by atoms with Gasteiger partial charge in [0.05, 0.1) is 11.4 Å². The predicted octanol–water partition coefficient (Wildman–Crippen LogP) is 4.07. The maximum Gasteiger partial charge on any atom is 0.283 e. The molecule has 1 amide bonds. The summed E-state index contributed by atoms with van der Waals surface area (Å²) in [4.78, 5) is 34.0. The van der Waals surface area contributed by atoms with Crippen LogP contribution in [0, 0.1) is 13.8 Å². The van der Waals surface area contributed by atoms with Crippen LogP contribution in [0.5, 0.6) is 0 Å². The number of nitrogens with zero attached hydrogens (tertiary/aromatic N) is 4. The maximum absolute atomic E-state index is 13.5. The highest BCUT2D eigenvalue weighted by Gasteiger charge is 2.18. The van der Waals surface area contributed by atoms with E-state index in [1.165, 1.54) is 23.1 Å². The van der Waals surface area contributed by atoms with E-state index in [0.29, 0.717) is 27.0 Å². The van der Waals surface area contributed by atoms with Crippen molar-refractivity contribution in [2.75, 3.05) is 11.1 Å². The van der Waals surface area contributed by atoms with Crippen LogP contribution in [0.3, 0.4) is 0 Å². The average Bonchev–Trinajstić information content (AvgIpc) is 3.36. The molecule has 8 nitrogen and oxygen atoms in total. The van der Waals surface area contributed by atoms with E-state index < -0.39 is 0 Å². The van der Waals surface area contributed by atoms with Crippen LogP contribution in [0.15, 0.2) is 58.5 Å². The van der Waals surface area contributed by atoms with E-state index in [9.17, 15) is 9.59 Å². The van der Waals surface area contributed by atoms with Crippen molar-refractivity contribution in [1.29, 1.82) is 0 Å². The van der Waals surface area contributed by atoms with Crippen LogP contribution in [0.25, 0.3) is 27.6 Å². The molecule has 2 N–H and O–H groups in total. The molecule has 5 rings (SSSR count). The van der Waals surface area contributed by atoms with E-state index in [1.54, 1.807) is 4.57 Å². The number of thioether (sulfide) groups is 1. The van der Waals surface area contributed by atoms with Gasteiger partial charge in [0.1, 0.15) is 16.0 Å². The van der Waals surface area contributed by atoms with Crippen molar-refractivity contribution in [2.24, 2.45) is 0 Å². The Balaban J connectivity index is 1.57. The lowest BCUT2D eigenvalue weighted by Crippen LogP contribution is -2.23. The maximum atomic E-state index is 13.5. The Hall–Kier alpha value is -3.50. The van der Waals surface area contributed by atoms with Crippen molar-refractivity contribution in [3.63, 3.8) is 0 Å². The molecule has 2 aromatic carbocycles. The predicted molar refractivity (Wildman–Crippen MR) is 128 cm³/mol. The molecule has 10 heteroatoms. The normalized spacial score (nSPS) is 11.3. The third-order valence-electron chi connectivity index (χ3n) is 4.89. The summed E-state index contributed by atoms with van der Waals surface area (Å²) in [6, 6.07) is 15.3. The number of rotatable bonds is 5. The fraction of sp³-hybridized carbons (Fsp3) is 0.136. The molecule has 0 radical (unpaired) electrons. The summed E-state index contributed by atoms with van der Waals surface area (Å²) in [7, 11) is 0. The van der Waals surface area contributed by atoms with Crippen LogP contribution in [-0.2, 0) is 4.79 Å². The number of para-hydroxylation sites is 1. The van der Waals surface area contributed by atoms with Gasteiger partial charge in [-0.3, -0.25) is 19.5 Å². The quantitative estimate of drug-likeness (QED) is 0.301. The molecule has 0 bridgehead atoms. The molecule has 3 aromatic heterocycles. The molecule has 0 saturated heterocycles. The van der Waals surface area contributed by atoms with Gasteiger partial charge in [-0.1, -0.05) is 59.0 Å². The summed E-state index contributed by atoms with van der Waals surface area (Å²) in [6.45, 7) is 3.81. The van der Waals surface area contributed by atoms with Gasteiger partial charge in [0.25, 0.3) is 5.56 Å². The van der Waals surface area contributed by atoms with Crippen molar-refractivity contribution >= 4 is 56.1 Å². The largest absolute Gasteiger partial charge is 0.349 e. The van der Waals surface area contributed by atoms with Crippen molar-refractivity contribution in [2.45, 2.75) is 19.0 Å². The zero-order valence-corrected chi connectivity index (χ0v) is 18.9. The third kappa shape index (κ3) is 3.78. The molecular formula is C22H18N6O2S2. The van der Waals surface area contributed by atoms with Crippen molar-refractivity contribution in [1.82, 2.24) is 24.7 Å². The lowest BCUT2D eigenvalue weighted by Gasteiger charge is -2.12. The Kier molecular flexibility index (Phi) is 5.24. The number of aryl methyl sites for hydroxylation is 2. The number of carbonyl (C=O) groups is 1. The van der Waals surface area contributed by atoms with E-state index >= 15 is 0 Å². The zero-order chi connectivity index (χ0) is 22.2. The lowest BCUT2D eigenvalue weighted by atomic mass is 10.2. The second-order valence-corrected chi connectivity index (χ2v) is 9.35. The molecule has 0 spiro atoms. The standard InChI is InChI=1S/C22H18N6O2S2/c1-12-7-9-14(10-8-12)28-20(30)19-18(15-5-3-4-6-16(15)23-19)25-22(28)31-11-17(29)24-21-27-26-13(2)32-21/h3-10,23H,11H2,1-2H3,(H,24,27,29). The van der Waals surface area contributed by atoms with Gasteiger partial charge < -0.3 is 4.98 Å². The number of hydrogen-bond donors (Lipinski definition) is 2. The number of amides is 1. The third-order valence-corrected chi connectivity index (χ3v) is 6.58. The van der Waals surface area contributed by atoms with Crippen LogP contribution >= 0.6 is 23.1 Å². The second-order valence-electron chi connectivity index (χ2n) is 7.23. The molecule has 0 aliphatic rings. The molecule has 0 fully saturated rings. The fourth-order valence-electron chi connectivity index (χ4n) is 3.39. The number of H-pyrrole nitrogens is 1. The van der Waals surface area contributed by atoms with E-state index in [-0.39, 0.29) is 17.2 Å². The van der Waals surface area contributed by atoms with Crippen LogP contribution in [0.4, 0.5) is 5.13 Å². The molecule has 0 aliphatic carbocycles. The number of aromatic nitrogens is 5. The zero-order valence-electron chi connectivity index (χ0n) is 17.2. The van der Waals surface area contributed by atoms with Crippen molar-refractivity contribution in [3.05, 3.63) is 69.5 Å². The summed E-state index contributed by atoms with van der Waals surface area (Å²) in [5.41, 5.74) is 3.44. The number of nitrogens with one attached hydrogen (secondary N) is 2. The van der Waals surface area contributed by atoms with Gasteiger partial charge in [-0.25, -0.2) is 4.98 Å². The molecule has 3 heterocycles. The minimum absolute atomic E-state index is 0.0742. The first-order valence-corrected chi connectivity index (χ1v) is 11.6. The molecule has 0 atom stereocenters. The van der Waals surface area contributed by atoms with E-state index in [0.717, 1.165) is 21.5 Å². The number of carbonyl (C=O) groups excluding carboxylic acids is 1. The Morgan fingerprint density at radius 3 is 2.66 bits per heavy atom. The minimum Gasteiger partial charge on any atom is -0.349 e. The first-order valence-electron chi connectivity index (χ1n) is 9.83. The van der Waals surface area contributed by atoms with Crippen molar-refractivity contribution < 1.29 is 4.79 Å². The average molecular weight is 463 g/mol. The highest BCUT2D eigenvalue weighted by atomic mass is 32.2. The van der Waals surface area contributed by atoms with Gasteiger partial charge in [-0.05, 0) is 32.0 Å². The molecule has 160 valence electrons. The number of fused-ring (bicyclic) bond motifs is 3. The first-order chi connectivity index (χ1) is 15.5. The number of anilines is 1. The molecular weight excluding hydrogens is 444 g/mol. The van der Waals surface area contributed by atoms with E-state index in [1.807, 2.05) is 62.4 Å². The van der Waals surface area contributed by atoms with Crippen LogP contribution < -0.4 is 10.9 Å². The topological polar surface area (TPSA) is 106 Å². The van der Waals surface area contributed by atoms with Gasteiger partial charge in [-0.2, -0.15) is 0 Å². The number of hydrogen-bond acceptors (Lipinski definition) is 7. The second kappa shape index (κ2) is 8.21. The van der Waals surface area contributed by atoms with Crippen LogP contribution in [-0.4, -0.2) is 36.4 Å². The monoisotopic (exact) mass is 462 g/mol. The van der Waals surface area contributed by atoms with Crippen molar-refractivity contribution in [3.8, 4) is 5.69 Å². The Morgan fingerprint density at radius 2 is 1.91 bits per heavy atom. The Labute approximate surface area is 190 Å². The first kappa shape index (κ1) is 20.4. The van der Waals surface area contributed by atoms with Gasteiger partial charge in [0.2, 0.25) is 11.0 Å². The van der Waals surface area contributed by atoms with E-state index in [2.05, 4.69) is 20.5 Å². The van der Waals surface area contributed by atoms with Gasteiger partial charge in [0.15, 0.2) is 5.16 Å². The lowest BCUT2D eigenvalue weighted by molar-refractivity contribution is -0.113. The molecule has 0 aliphatic heterocycles. The smallest absolute Gasteiger partial charge is 0.283 e. The molecule has 5 aromatic rings. The summed E-state index contributed by atoms with van der Waals surface area (Å²) < 4.78 is 1.55. The van der Waals surface area contributed by atoms with Gasteiger partial charge >= 0.3 is 0 Å². The fourth-order valence-corrected chi connectivity index (χ4v) is 4.81. The SMILES string of the molecule is Cc1ccc(-n2c(SCC(=O)Nc3nnc(C)s3)nc3c([nH]c4ccccc43)c2=O)cc1. The number of benzene rings is 2. The van der Waals surface area contributed by atoms with Gasteiger partial charge in [0, 0.05) is 10.9 Å². The van der Waals surface area contributed by atoms with Crippen LogP contribution in [0.1, 0.15) is 10.6 Å². The summed E-state index contributed by atoms with van der Waals surface area (Å²) in [5, 5.41) is 13.1. The summed E-state index contributed by atoms with van der Waals surface area (Å²) in [5.74, 6) is -0.167. The summed E-state index contributed by atoms with van der Waals surface area (Å²) in [6.07, 6.45) is 0.